The number of hydrogen-bond acceptors (Lipinski definition) is 2. The van der Waals surface area contributed by atoms with Crippen molar-refractivity contribution in [3.05, 3.63) is 68.9 Å². The van der Waals surface area contributed by atoms with Gasteiger partial charge in [-0.1, -0.05) is 46.3 Å². The van der Waals surface area contributed by atoms with Crippen molar-refractivity contribution < 1.29 is 9.52 Å². The molecule has 1 aromatic heterocycles. The lowest BCUT2D eigenvalue weighted by atomic mass is 10.0. The summed E-state index contributed by atoms with van der Waals surface area (Å²) in [5, 5.41) is 11.6. The molecule has 1 unspecified atom stereocenters. The maximum atomic E-state index is 10.6. The Bertz CT molecular complexity index is 794. The molecule has 3 rings (SSSR count). The lowest BCUT2D eigenvalue weighted by molar-refractivity contribution is 0.192. The monoisotopic (exact) mass is 344 g/mol. The molecule has 21 heavy (non-hydrogen) atoms. The van der Waals surface area contributed by atoms with Crippen LogP contribution in [0.4, 0.5) is 0 Å². The molecule has 0 aliphatic rings. The van der Waals surface area contributed by atoms with Gasteiger partial charge in [-0.2, -0.15) is 0 Å². The highest BCUT2D eigenvalue weighted by atomic mass is 79.9. The first-order chi connectivity index (χ1) is 9.97. The van der Waals surface area contributed by atoms with Crippen LogP contribution in [0.2, 0.25) is 0 Å². The zero-order valence-corrected chi connectivity index (χ0v) is 13.9. The van der Waals surface area contributed by atoms with Crippen LogP contribution < -0.4 is 0 Å². The normalized spacial score (nSPS) is 12.8. The van der Waals surface area contributed by atoms with Crippen LogP contribution in [0, 0.1) is 20.8 Å². The third-order valence-electron chi connectivity index (χ3n) is 3.80. The smallest absolute Gasteiger partial charge is 0.138 e. The van der Waals surface area contributed by atoms with E-state index in [1.165, 1.54) is 0 Å². The second kappa shape index (κ2) is 5.32. The highest BCUT2D eigenvalue weighted by molar-refractivity contribution is 9.10. The summed E-state index contributed by atoms with van der Waals surface area (Å²) in [6.07, 6.45) is -0.748. The molecule has 0 aliphatic heterocycles. The number of halogens is 1. The molecule has 0 saturated heterocycles. The van der Waals surface area contributed by atoms with Crippen LogP contribution in [0.5, 0.6) is 0 Å². The van der Waals surface area contributed by atoms with Crippen LogP contribution in [0.25, 0.3) is 11.0 Å². The van der Waals surface area contributed by atoms with E-state index in [0.717, 1.165) is 37.7 Å². The minimum absolute atomic E-state index is 0.584. The van der Waals surface area contributed by atoms with Gasteiger partial charge in [0.2, 0.25) is 0 Å². The largest absolute Gasteiger partial charge is 0.458 e. The maximum Gasteiger partial charge on any atom is 0.138 e. The molecule has 2 nitrogen and oxygen atoms in total. The van der Waals surface area contributed by atoms with Crippen molar-refractivity contribution in [3.63, 3.8) is 0 Å². The second-order valence-electron chi connectivity index (χ2n) is 5.51. The Labute approximate surface area is 132 Å². The SMILES string of the molecule is Cc1cc(C(O)c2cc3cccc(C)c3o2)cc(C)c1Br. The molecule has 3 heteroatoms. The Balaban J connectivity index is 2.08. The average Bonchev–Trinajstić information content (AvgIpc) is 2.89. The summed E-state index contributed by atoms with van der Waals surface area (Å²) >= 11 is 3.55. The molecular weight excluding hydrogens is 328 g/mol. The summed E-state index contributed by atoms with van der Waals surface area (Å²) < 4.78 is 6.95. The fraction of sp³-hybridized carbons (Fsp3) is 0.222. The summed E-state index contributed by atoms with van der Waals surface area (Å²) in [5.74, 6) is 0.584. The van der Waals surface area contributed by atoms with Crippen molar-refractivity contribution in [2.45, 2.75) is 26.9 Å². The van der Waals surface area contributed by atoms with Gasteiger partial charge in [0.1, 0.15) is 17.4 Å². The molecule has 3 aromatic rings. The fourth-order valence-electron chi connectivity index (χ4n) is 2.67. The van der Waals surface area contributed by atoms with Gasteiger partial charge in [-0.3, -0.25) is 0 Å². The van der Waals surface area contributed by atoms with Gasteiger partial charge < -0.3 is 9.52 Å². The topological polar surface area (TPSA) is 33.4 Å². The van der Waals surface area contributed by atoms with E-state index in [1.54, 1.807) is 0 Å². The minimum Gasteiger partial charge on any atom is -0.458 e. The van der Waals surface area contributed by atoms with Gasteiger partial charge in [-0.25, -0.2) is 0 Å². The second-order valence-corrected chi connectivity index (χ2v) is 6.31. The van der Waals surface area contributed by atoms with Crippen molar-refractivity contribution in [1.29, 1.82) is 0 Å². The average molecular weight is 345 g/mol. The number of aryl methyl sites for hydroxylation is 3. The highest BCUT2D eigenvalue weighted by Crippen LogP contribution is 2.32. The number of para-hydroxylation sites is 1. The number of rotatable bonds is 2. The van der Waals surface area contributed by atoms with Crippen molar-refractivity contribution in [2.24, 2.45) is 0 Å². The first kappa shape index (κ1) is 14.4. The molecule has 0 saturated carbocycles. The van der Waals surface area contributed by atoms with E-state index in [0.29, 0.717) is 5.76 Å². The maximum absolute atomic E-state index is 10.6. The molecule has 108 valence electrons. The minimum atomic E-state index is -0.748. The number of fused-ring (bicyclic) bond motifs is 1. The number of aliphatic hydroxyl groups is 1. The summed E-state index contributed by atoms with van der Waals surface area (Å²) in [6, 6.07) is 11.9. The third kappa shape index (κ3) is 2.52. The van der Waals surface area contributed by atoms with Gasteiger partial charge in [-0.05, 0) is 49.1 Å². The van der Waals surface area contributed by atoms with Crippen LogP contribution in [-0.4, -0.2) is 5.11 Å². The summed E-state index contributed by atoms with van der Waals surface area (Å²) in [7, 11) is 0. The summed E-state index contributed by atoms with van der Waals surface area (Å²) in [4.78, 5) is 0. The van der Waals surface area contributed by atoms with E-state index in [1.807, 2.05) is 57.2 Å². The van der Waals surface area contributed by atoms with Gasteiger partial charge in [0.15, 0.2) is 0 Å². The van der Waals surface area contributed by atoms with Gasteiger partial charge in [0.25, 0.3) is 0 Å². The summed E-state index contributed by atoms with van der Waals surface area (Å²) in [5.41, 5.74) is 4.99. The standard InChI is InChI=1S/C18H17BrO2/c1-10-5-4-6-13-9-15(21-18(10)13)17(20)14-7-11(2)16(19)12(3)8-14/h4-9,17,20H,1-3H3. The zero-order valence-electron chi connectivity index (χ0n) is 12.3. The first-order valence-corrected chi connectivity index (χ1v) is 7.70. The molecule has 0 fully saturated rings. The van der Waals surface area contributed by atoms with E-state index >= 15 is 0 Å². The first-order valence-electron chi connectivity index (χ1n) is 6.91. The van der Waals surface area contributed by atoms with Crippen LogP contribution >= 0.6 is 15.9 Å². The lowest BCUT2D eigenvalue weighted by Crippen LogP contribution is -1.99. The Morgan fingerprint density at radius 1 is 1.00 bits per heavy atom. The molecular formula is C18H17BrO2. The highest BCUT2D eigenvalue weighted by Gasteiger charge is 2.17. The number of aliphatic hydroxyl groups excluding tert-OH is 1. The van der Waals surface area contributed by atoms with Crippen molar-refractivity contribution in [2.75, 3.05) is 0 Å². The van der Waals surface area contributed by atoms with E-state index < -0.39 is 6.10 Å². The fourth-order valence-corrected chi connectivity index (χ4v) is 2.89. The molecule has 1 heterocycles. The van der Waals surface area contributed by atoms with Crippen molar-refractivity contribution in [3.8, 4) is 0 Å². The van der Waals surface area contributed by atoms with Gasteiger partial charge >= 0.3 is 0 Å². The molecule has 0 aliphatic carbocycles. The molecule has 2 aromatic carbocycles. The van der Waals surface area contributed by atoms with Crippen LogP contribution in [0.15, 0.2) is 45.3 Å². The van der Waals surface area contributed by atoms with Crippen molar-refractivity contribution >= 4 is 26.9 Å². The molecule has 0 amide bonds. The quantitative estimate of drug-likeness (QED) is 0.692. The van der Waals surface area contributed by atoms with E-state index in [2.05, 4.69) is 15.9 Å². The van der Waals surface area contributed by atoms with Crippen LogP contribution in [-0.2, 0) is 0 Å². The molecule has 1 N–H and O–H groups in total. The van der Waals surface area contributed by atoms with E-state index in [-0.39, 0.29) is 0 Å². The number of hydrogen-bond donors (Lipinski definition) is 1. The van der Waals surface area contributed by atoms with Gasteiger partial charge in [0, 0.05) is 9.86 Å². The predicted octanol–water partition coefficient (Wildman–Crippen LogP) is 5.20. The predicted molar refractivity (Wildman–Crippen MR) is 88.6 cm³/mol. The van der Waals surface area contributed by atoms with E-state index in [9.17, 15) is 5.11 Å². The summed E-state index contributed by atoms with van der Waals surface area (Å²) in [6.45, 7) is 6.06. The van der Waals surface area contributed by atoms with Gasteiger partial charge in [-0.15, -0.1) is 0 Å². The molecule has 1 atom stereocenters. The lowest BCUT2D eigenvalue weighted by Gasteiger charge is -2.12. The Kier molecular flexibility index (Phi) is 3.64. The molecule has 0 bridgehead atoms. The third-order valence-corrected chi connectivity index (χ3v) is 5.05. The van der Waals surface area contributed by atoms with E-state index in [4.69, 9.17) is 4.42 Å². The molecule has 0 spiro atoms. The van der Waals surface area contributed by atoms with Gasteiger partial charge in [0.05, 0.1) is 0 Å². The zero-order chi connectivity index (χ0) is 15.1. The van der Waals surface area contributed by atoms with Crippen molar-refractivity contribution in [1.82, 2.24) is 0 Å². The number of furan rings is 1. The van der Waals surface area contributed by atoms with Crippen LogP contribution in [0.1, 0.15) is 34.1 Å². The Morgan fingerprint density at radius 2 is 1.67 bits per heavy atom. The van der Waals surface area contributed by atoms with Crippen LogP contribution in [0.3, 0.4) is 0 Å². The Hall–Kier alpha value is -1.58. The number of benzene rings is 2. The Morgan fingerprint density at radius 3 is 2.29 bits per heavy atom. The molecule has 0 radical (unpaired) electrons.